The van der Waals surface area contributed by atoms with E-state index in [0.717, 1.165) is 11.1 Å². The van der Waals surface area contributed by atoms with Gasteiger partial charge in [-0.05, 0) is 11.1 Å². The number of nitrogens with one attached hydrogen (secondary N) is 1. The van der Waals surface area contributed by atoms with Gasteiger partial charge in [-0.15, -0.1) is 13.2 Å². The van der Waals surface area contributed by atoms with E-state index in [4.69, 9.17) is 0 Å². The Hall–Kier alpha value is -1.85. The van der Waals surface area contributed by atoms with Crippen LogP contribution in [0.2, 0.25) is 0 Å². The van der Waals surface area contributed by atoms with Crippen molar-refractivity contribution in [2.75, 3.05) is 13.2 Å². The van der Waals surface area contributed by atoms with E-state index in [1.807, 2.05) is 60.7 Å². The Morgan fingerprint density at radius 3 is 1.76 bits per heavy atom. The lowest BCUT2D eigenvalue weighted by Crippen LogP contribution is -2.28. The van der Waals surface area contributed by atoms with Gasteiger partial charge in [-0.3, -0.25) is 4.74 Å². The van der Waals surface area contributed by atoms with E-state index < -0.39 is 13.0 Å². The number of rotatable bonds is 6. The summed E-state index contributed by atoms with van der Waals surface area (Å²) in [5.41, 5.74) is 1.99. The first-order valence-corrected chi connectivity index (χ1v) is 6.60. The molecule has 0 saturated carbocycles. The Morgan fingerprint density at radius 1 is 0.857 bits per heavy atom. The predicted molar refractivity (Wildman–Crippen MR) is 74.7 cm³/mol. The van der Waals surface area contributed by atoms with Gasteiger partial charge in [0.2, 0.25) is 0 Å². The highest BCUT2D eigenvalue weighted by Gasteiger charge is 2.28. The second-order valence-corrected chi connectivity index (χ2v) is 4.50. The van der Waals surface area contributed by atoms with E-state index in [-0.39, 0.29) is 12.6 Å². The van der Waals surface area contributed by atoms with Gasteiger partial charge in [-0.25, -0.2) is 0 Å². The molecule has 2 rings (SSSR count). The molecule has 0 aliphatic carbocycles. The van der Waals surface area contributed by atoms with Gasteiger partial charge < -0.3 is 5.32 Å². The van der Waals surface area contributed by atoms with Gasteiger partial charge in [-0.1, -0.05) is 60.7 Å². The van der Waals surface area contributed by atoms with Crippen molar-refractivity contribution < 1.29 is 17.9 Å². The van der Waals surface area contributed by atoms with Crippen LogP contribution < -0.4 is 5.32 Å². The van der Waals surface area contributed by atoms with Crippen LogP contribution >= 0.6 is 0 Å². The fraction of sp³-hybridized carbons (Fsp3) is 0.250. The molecule has 2 nitrogen and oxygen atoms in total. The lowest BCUT2D eigenvalue weighted by molar-refractivity contribution is -0.323. The number of hydrogen-bond acceptors (Lipinski definition) is 2. The standard InChI is InChI=1S/C16H16F3NO/c17-16(18,19)21-12-11-20-15(13-7-3-1-4-8-13)14-9-5-2-6-10-14/h1-10,15,20H,11-12H2. The van der Waals surface area contributed by atoms with Gasteiger partial charge in [0.25, 0.3) is 0 Å². The minimum Gasteiger partial charge on any atom is -0.304 e. The lowest BCUT2D eigenvalue weighted by atomic mass is 9.99. The third-order valence-electron chi connectivity index (χ3n) is 2.98. The van der Waals surface area contributed by atoms with Crippen molar-refractivity contribution in [2.24, 2.45) is 0 Å². The van der Waals surface area contributed by atoms with Crippen molar-refractivity contribution in [1.82, 2.24) is 5.32 Å². The van der Waals surface area contributed by atoms with E-state index in [2.05, 4.69) is 10.1 Å². The molecule has 0 amide bonds. The molecule has 0 fully saturated rings. The summed E-state index contributed by atoms with van der Waals surface area (Å²) >= 11 is 0. The number of hydrogen-bond donors (Lipinski definition) is 1. The maximum Gasteiger partial charge on any atom is 0.522 e. The molecule has 0 radical (unpaired) electrons. The highest BCUT2D eigenvalue weighted by Crippen LogP contribution is 2.21. The average molecular weight is 295 g/mol. The molecular weight excluding hydrogens is 279 g/mol. The van der Waals surface area contributed by atoms with Crippen LogP contribution in [0.5, 0.6) is 0 Å². The summed E-state index contributed by atoms with van der Waals surface area (Å²) in [7, 11) is 0. The van der Waals surface area contributed by atoms with Crippen molar-refractivity contribution in [3.05, 3.63) is 71.8 Å². The van der Waals surface area contributed by atoms with E-state index in [1.54, 1.807) is 0 Å². The summed E-state index contributed by atoms with van der Waals surface area (Å²) in [4.78, 5) is 0. The molecule has 0 atom stereocenters. The molecule has 0 saturated heterocycles. The molecule has 1 N–H and O–H groups in total. The average Bonchev–Trinajstić information content (AvgIpc) is 2.48. The fourth-order valence-electron chi connectivity index (χ4n) is 2.09. The van der Waals surface area contributed by atoms with Crippen LogP contribution in [-0.2, 0) is 4.74 Å². The molecule has 2 aromatic rings. The Balaban J connectivity index is 2.04. The minimum atomic E-state index is -4.59. The van der Waals surface area contributed by atoms with Crippen LogP contribution in [0.3, 0.4) is 0 Å². The summed E-state index contributed by atoms with van der Waals surface area (Å²) in [6.45, 7) is -0.312. The topological polar surface area (TPSA) is 21.3 Å². The summed E-state index contributed by atoms with van der Waals surface area (Å²) in [6.07, 6.45) is -4.59. The summed E-state index contributed by atoms with van der Waals surface area (Å²) in [6, 6.07) is 19.0. The SMILES string of the molecule is FC(F)(F)OCCNC(c1ccccc1)c1ccccc1. The van der Waals surface area contributed by atoms with E-state index >= 15 is 0 Å². The fourth-order valence-corrected chi connectivity index (χ4v) is 2.09. The predicted octanol–water partition coefficient (Wildman–Crippen LogP) is 3.90. The largest absolute Gasteiger partial charge is 0.522 e. The zero-order valence-corrected chi connectivity index (χ0v) is 11.3. The highest BCUT2D eigenvalue weighted by molar-refractivity contribution is 5.31. The molecule has 0 aliphatic heterocycles. The van der Waals surface area contributed by atoms with Crippen LogP contribution in [0.1, 0.15) is 17.2 Å². The molecule has 0 unspecified atom stereocenters. The quantitative estimate of drug-likeness (QED) is 0.816. The first-order valence-electron chi connectivity index (χ1n) is 6.60. The Morgan fingerprint density at radius 2 is 1.33 bits per heavy atom. The maximum absolute atomic E-state index is 12.0. The summed E-state index contributed by atoms with van der Waals surface area (Å²) in [5, 5.41) is 3.10. The monoisotopic (exact) mass is 295 g/mol. The molecule has 0 bridgehead atoms. The molecule has 0 aliphatic rings. The Kier molecular flexibility index (Phi) is 5.36. The van der Waals surface area contributed by atoms with Crippen molar-refractivity contribution in [3.8, 4) is 0 Å². The van der Waals surface area contributed by atoms with Gasteiger partial charge in [-0.2, -0.15) is 0 Å². The number of alkyl halides is 3. The Bertz CT molecular complexity index is 489. The second-order valence-electron chi connectivity index (χ2n) is 4.50. The van der Waals surface area contributed by atoms with Crippen LogP contribution in [0.25, 0.3) is 0 Å². The zero-order valence-electron chi connectivity index (χ0n) is 11.3. The lowest BCUT2D eigenvalue weighted by Gasteiger charge is -2.20. The third-order valence-corrected chi connectivity index (χ3v) is 2.98. The summed E-state index contributed by atoms with van der Waals surface area (Å²) < 4.78 is 39.7. The number of ether oxygens (including phenoxy) is 1. The van der Waals surface area contributed by atoms with Crippen molar-refractivity contribution in [1.29, 1.82) is 0 Å². The Labute approximate surface area is 121 Å². The molecule has 21 heavy (non-hydrogen) atoms. The molecular formula is C16H16F3NO. The number of benzene rings is 2. The highest BCUT2D eigenvalue weighted by atomic mass is 19.4. The van der Waals surface area contributed by atoms with Crippen LogP contribution in [-0.4, -0.2) is 19.5 Å². The van der Waals surface area contributed by atoms with E-state index in [9.17, 15) is 13.2 Å². The van der Waals surface area contributed by atoms with Gasteiger partial charge in [0.1, 0.15) is 0 Å². The normalized spacial score (nSPS) is 11.8. The van der Waals surface area contributed by atoms with Gasteiger partial charge >= 0.3 is 6.36 Å². The van der Waals surface area contributed by atoms with Gasteiger partial charge in [0.15, 0.2) is 0 Å². The van der Waals surface area contributed by atoms with Crippen molar-refractivity contribution >= 4 is 0 Å². The van der Waals surface area contributed by atoms with E-state index in [1.165, 1.54) is 0 Å². The molecule has 0 spiro atoms. The van der Waals surface area contributed by atoms with Crippen molar-refractivity contribution in [2.45, 2.75) is 12.4 Å². The zero-order chi connectivity index (χ0) is 15.1. The van der Waals surface area contributed by atoms with Crippen LogP contribution in [0.4, 0.5) is 13.2 Å². The molecule has 0 aromatic heterocycles. The minimum absolute atomic E-state index is 0.105. The molecule has 5 heteroatoms. The number of halogens is 3. The second kappa shape index (κ2) is 7.24. The van der Waals surface area contributed by atoms with Crippen LogP contribution in [0.15, 0.2) is 60.7 Å². The first-order chi connectivity index (χ1) is 10.1. The van der Waals surface area contributed by atoms with Gasteiger partial charge in [0.05, 0.1) is 12.6 Å². The van der Waals surface area contributed by atoms with Gasteiger partial charge in [0, 0.05) is 6.54 Å². The van der Waals surface area contributed by atoms with Crippen LogP contribution in [0, 0.1) is 0 Å². The first kappa shape index (κ1) is 15.5. The van der Waals surface area contributed by atoms with E-state index in [0.29, 0.717) is 0 Å². The smallest absolute Gasteiger partial charge is 0.304 e. The summed E-state index contributed by atoms with van der Waals surface area (Å²) in [5.74, 6) is 0. The van der Waals surface area contributed by atoms with Crippen molar-refractivity contribution in [3.63, 3.8) is 0 Å². The molecule has 2 aromatic carbocycles. The maximum atomic E-state index is 12.0. The molecule has 0 heterocycles. The third kappa shape index (κ3) is 5.21. The molecule has 112 valence electrons.